The van der Waals surface area contributed by atoms with Crippen molar-refractivity contribution in [2.75, 3.05) is 38.2 Å². The van der Waals surface area contributed by atoms with Gasteiger partial charge in [-0.25, -0.2) is 0 Å². The lowest BCUT2D eigenvalue weighted by Gasteiger charge is -2.18. The van der Waals surface area contributed by atoms with E-state index in [1.165, 1.54) is 11.3 Å². The maximum Gasteiger partial charge on any atom is 0.191 e. The van der Waals surface area contributed by atoms with Gasteiger partial charge in [-0.15, -0.1) is 24.0 Å². The van der Waals surface area contributed by atoms with E-state index in [1.54, 1.807) is 7.05 Å². The fraction of sp³-hybridized carbons (Fsp3) is 0.286. The van der Waals surface area contributed by atoms with Crippen LogP contribution in [0.2, 0.25) is 0 Å². The summed E-state index contributed by atoms with van der Waals surface area (Å²) in [6.45, 7) is 4.01. The van der Waals surface area contributed by atoms with Crippen molar-refractivity contribution in [1.82, 2.24) is 10.6 Å². The van der Waals surface area contributed by atoms with Crippen molar-refractivity contribution in [1.29, 1.82) is 0 Å². The van der Waals surface area contributed by atoms with E-state index < -0.39 is 0 Å². The third-order valence-electron chi connectivity index (χ3n) is 4.21. The number of halogens is 1. The topological polar surface area (TPSA) is 48.9 Å². The van der Waals surface area contributed by atoms with E-state index >= 15 is 0 Å². The van der Waals surface area contributed by atoms with Gasteiger partial charge in [0.15, 0.2) is 5.96 Å². The number of ether oxygens (including phenoxy) is 1. The van der Waals surface area contributed by atoms with Gasteiger partial charge in [-0.1, -0.05) is 42.5 Å². The van der Waals surface area contributed by atoms with E-state index in [1.807, 2.05) is 30.3 Å². The Morgan fingerprint density at radius 1 is 1.00 bits per heavy atom. The molecular formula is C21H27IN4O. The Morgan fingerprint density at radius 3 is 2.37 bits per heavy atom. The molecule has 0 radical (unpaired) electrons. The SMILES string of the molecule is CN=C(NCCOc1ccccc1)NCc1ccc(N2CC=CC2)cc1.I. The second-order valence-corrected chi connectivity index (χ2v) is 6.06. The van der Waals surface area contributed by atoms with Gasteiger partial charge in [-0.3, -0.25) is 4.99 Å². The predicted octanol–water partition coefficient (Wildman–Crippen LogP) is 3.42. The molecule has 0 bridgehead atoms. The summed E-state index contributed by atoms with van der Waals surface area (Å²) in [5.74, 6) is 1.65. The van der Waals surface area contributed by atoms with Crippen LogP contribution in [0.25, 0.3) is 0 Å². The van der Waals surface area contributed by atoms with E-state index in [0.717, 1.165) is 31.3 Å². The first-order chi connectivity index (χ1) is 12.8. The Hall–Kier alpha value is -2.22. The molecule has 0 fully saturated rings. The van der Waals surface area contributed by atoms with E-state index in [2.05, 4.69) is 56.9 Å². The zero-order valence-electron chi connectivity index (χ0n) is 15.6. The smallest absolute Gasteiger partial charge is 0.191 e. The number of rotatable bonds is 7. The van der Waals surface area contributed by atoms with Gasteiger partial charge in [0, 0.05) is 32.4 Å². The minimum Gasteiger partial charge on any atom is -0.492 e. The monoisotopic (exact) mass is 478 g/mol. The number of nitrogens with one attached hydrogen (secondary N) is 2. The minimum absolute atomic E-state index is 0. The molecule has 2 N–H and O–H groups in total. The average Bonchev–Trinajstić information content (AvgIpc) is 3.23. The largest absolute Gasteiger partial charge is 0.492 e. The fourth-order valence-corrected chi connectivity index (χ4v) is 2.77. The van der Waals surface area contributed by atoms with Crippen LogP contribution in [0, 0.1) is 0 Å². The lowest BCUT2D eigenvalue weighted by molar-refractivity contribution is 0.322. The number of aliphatic imine (C=N–C) groups is 1. The molecule has 144 valence electrons. The number of nitrogens with zero attached hydrogens (tertiary/aromatic N) is 2. The highest BCUT2D eigenvalue weighted by Crippen LogP contribution is 2.17. The lowest BCUT2D eigenvalue weighted by Crippen LogP contribution is -2.38. The number of anilines is 1. The zero-order valence-corrected chi connectivity index (χ0v) is 17.9. The molecule has 5 nitrogen and oxygen atoms in total. The number of hydrogen-bond acceptors (Lipinski definition) is 3. The Labute approximate surface area is 178 Å². The molecule has 0 saturated carbocycles. The van der Waals surface area contributed by atoms with Crippen LogP contribution in [-0.4, -0.2) is 39.2 Å². The maximum atomic E-state index is 5.67. The summed E-state index contributed by atoms with van der Waals surface area (Å²) >= 11 is 0. The molecule has 3 rings (SSSR count). The molecule has 0 aromatic heterocycles. The Balaban J connectivity index is 0.00000261. The van der Waals surface area contributed by atoms with Crippen molar-refractivity contribution in [2.24, 2.45) is 4.99 Å². The number of guanidine groups is 1. The van der Waals surface area contributed by atoms with Crippen molar-refractivity contribution in [2.45, 2.75) is 6.54 Å². The standard InChI is InChI=1S/C21H26N4O.HI/c1-22-21(23-13-16-26-20-7-3-2-4-8-20)24-17-18-9-11-19(12-10-18)25-14-5-6-15-25;/h2-12H,13-17H2,1H3,(H2,22,23,24);1H. The van der Waals surface area contributed by atoms with Crippen LogP contribution in [-0.2, 0) is 6.54 Å². The van der Waals surface area contributed by atoms with Gasteiger partial charge in [-0.2, -0.15) is 0 Å². The molecule has 2 aromatic rings. The van der Waals surface area contributed by atoms with Crippen LogP contribution in [0.15, 0.2) is 71.7 Å². The maximum absolute atomic E-state index is 5.67. The normalized spacial score (nSPS) is 13.2. The summed E-state index contributed by atoms with van der Waals surface area (Å²) in [6, 6.07) is 18.5. The first kappa shape index (κ1) is 21.1. The fourth-order valence-electron chi connectivity index (χ4n) is 2.77. The molecule has 0 amide bonds. The quantitative estimate of drug-likeness (QED) is 0.211. The molecule has 0 aliphatic carbocycles. The molecule has 0 spiro atoms. The molecule has 0 atom stereocenters. The number of para-hydroxylation sites is 1. The van der Waals surface area contributed by atoms with Gasteiger partial charge in [0.05, 0.1) is 6.54 Å². The van der Waals surface area contributed by atoms with Gasteiger partial charge >= 0.3 is 0 Å². The van der Waals surface area contributed by atoms with Crippen molar-refractivity contribution < 1.29 is 4.74 Å². The Bertz CT molecular complexity index is 724. The van der Waals surface area contributed by atoms with Gasteiger partial charge in [-0.05, 0) is 29.8 Å². The molecule has 2 aromatic carbocycles. The Kier molecular flexibility index (Phi) is 8.97. The third kappa shape index (κ3) is 6.78. The highest BCUT2D eigenvalue weighted by molar-refractivity contribution is 14.0. The van der Waals surface area contributed by atoms with Crippen molar-refractivity contribution >= 4 is 35.6 Å². The molecule has 0 unspecified atom stereocenters. The second-order valence-electron chi connectivity index (χ2n) is 6.06. The average molecular weight is 478 g/mol. The van der Waals surface area contributed by atoms with Gasteiger partial charge in [0.2, 0.25) is 0 Å². The molecular weight excluding hydrogens is 451 g/mol. The molecule has 27 heavy (non-hydrogen) atoms. The van der Waals surface area contributed by atoms with Crippen LogP contribution >= 0.6 is 24.0 Å². The molecule has 1 heterocycles. The molecule has 6 heteroatoms. The first-order valence-electron chi connectivity index (χ1n) is 8.96. The van der Waals surface area contributed by atoms with Crippen molar-refractivity contribution in [3.63, 3.8) is 0 Å². The predicted molar refractivity (Wildman–Crippen MR) is 123 cm³/mol. The summed E-state index contributed by atoms with van der Waals surface area (Å²) in [4.78, 5) is 6.59. The lowest BCUT2D eigenvalue weighted by atomic mass is 10.2. The van der Waals surface area contributed by atoms with Crippen molar-refractivity contribution in [3.05, 3.63) is 72.3 Å². The van der Waals surface area contributed by atoms with Crippen molar-refractivity contribution in [3.8, 4) is 5.75 Å². The highest BCUT2D eigenvalue weighted by atomic mass is 127. The third-order valence-corrected chi connectivity index (χ3v) is 4.21. The second kappa shape index (κ2) is 11.5. The van der Waals surface area contributed by atoms with Crippen LogP contribution in [0.1, 0.15) is 5.56 Å². The summed E-state index contributed by atoms with van der Waals surface area (Å²) in [5, 5.41) is 6.59. The van der Waals surface area contributed by atoms with E-state index in [-0.39, 0.29) is 24.0 Å². The zero-order chi connectivity index (χ0) is 18.0. The van der Waals surface area contributed by atoms with Crippen LogP contribution in [0.3, 0.4) is 0 Å². The first-order valence-corrected chi connectivity index (χ1v) is 8.96. The molecule has 1 aliphatic rings. The van der Waals surface area contributed by atoms with E-state index in [0.29, 0.717) is 13.2 Å². The van der Waals surface area contributed by atoms with Gasteiger partial charge < -0.3 is 20.3 Å². The minimum atomic E-state index is 0. The van der Waals surface area contributed by atoms with Crippen LogP contribution in [0.5, 0.6) is 5.75 Å². The van der Waals surface area contributed by atoms with Gasteiger partial charge in [0.1, 0.15) is 12.4 Å². The molecule has 0 saturated heterocycles. The highest BCUT2D eigenvalue weighted by Gasteiger charge is 2.07. The number of hydrogen-bond donors (Lipinski definition) is 2. The number of benzene rings is 2. The summed E-state index contributed by atoms with van der Waals surface area (Å²) in [6.07, 6.45) is 4.40. The molecule has 1 aliphatic heterocycles. The van der Waals surface area contributed by atoms with E-state index in [4.69, 9.17) is 4.74 Å². The van der Waals surface area contributed by atoms with Crippen LogP contribution < -0.4 is 20.3 Å². The Morgan fingerprint density at radius 2 is 1.70 bits per heavy atom. The van der Waals surface area contributed by atoms with E-state index in [9.17, 15) is 0 Å². The van der Waals surface area contributed by atoms with Crippen LogP contribution in [0.4, 0.5) is 5.69 Å². The summed E-state index contributed by atoms with van der Waals surface area (Å²) in [7, 11) is 1.77. The van der Waals surface area contributed by atoms with Gasteiger partial charge in [0.25, 0.3) is 0 Å². The summed E-state index contributed by atoms with van der Waals surface area (Å²) < 4.78 is 5.67. The summed E-state index contributed by atoms with van der Waals surface area (Å²) in [5.41, 5.74) is 2.49.